The second-order valence-electron chi connectivity index (χ2n) is 7.00. The highest BCUT2D eigenvalue weighted by Crippen LogP contribution is 2.28. The lowest BCUT2D eigenvalue weighted by Crippen LogP contribution is -2.40. The monoisotopic (exact) mass is 392 g/mol. The molecule has 1 fully saturated rings. The minimum atomic E-state index is -0.866. The van der Waals surface area contributed by atoms with E-state index in [4.69, 9.17) is 10.2 Å². The SMILES string of the molecule is C[C@@H]1C[C@@H](C)CN(c2nnc(SCC(=O)NC(N)=O)n2Cc2ccco2)C1. The number of carbonyl (C=O) groups is 2. The van der Waals surface area contributed by atoms with E-state index in [2.05, 4.69) is 34.3 Å². The van der Waals surface area contributed by atoms with E-state index in [-0.39, 0.29) is 5.75 Å². The van der Waals surface area contributed by atoms with Crippen LogP contribution in [0.3, 0.4) is 0 Å². The Morgan fingerprint density at radius 2 is 2.07 bits per heavy atom. The predicted molar refractivity (Wildman–Crippen MR) is 101 cm³/mol. The highest BCUT2D eigenvalue weighted by Gasteiger charge is 2.27. The number of anilines is 1. The number of aromatic nitrogens is 3. The number of hydrogen-bond acceptors (Lipinski definition) is 7. The summed E-state index contributed by atoms with van der Waals surface area (Å²) < 4.78 is 7.43. The van der Waals surface area contributed by atoms with Crippen LogP contribution in [0.2, 0.25) is 0 Å². The van der Waals surface area contributed by atoms with Crippen molar-refractivity contribution < 1.29 is 14.0 Å². The third-order valence-corrected chi connectivity index (χ3v) is 5.30. The smallest absolute Gasteiger partial charge is 0.318 e. The molecular formula is C17H24N6O3S. The summed E-state index contributed by atoms with van der Waals surface area (Å²) in [6, 6.07) is 2.85. The Bertz CT molecular complexity index is 781. The second-order valence-corrected chi connectivity index (χ2v) is 7.94. The van der Waals surface area contributed by atoms with Gasteiger partial charge in [-0.05, 0) is 30.4 Å². The fraction of sp³-hybridized carbons (Fsp3) is 0.529. The zero-order chi connectivity index (χ0) is 19.4. The van der Waals surface area contributed by atoms with E-state index in [0.29, 0.717) is 23.5 Å². The number of urea groups is 1. The number of hydrogen-bond donors (Lipinski definition) is 2. The Labute approximate surface area is 161 Å². The first kappa shape index (κ1) is 19.3. The van der Waals surface area contributed by atoms with Crippen molar-refractivity contribution in [1.29, 1.82) is 0 Å². The third-order valence-electron chi connectivity index (χ3n) is 4.34. The molecule has 2 aromatic heterocycles. The summed E-state index contributed by atoms with van der Waals surface area (Å²) in [6.07, 6.45) is 2.81. The van der Waals surface area contributed by atoms with Crippen LogP contribution in [0.1, 0.15) is 26.0 Å². The van der Waals surface area contributed by atoms with Gasteiger partial charge in [0.2, 0.25) is 11.9 Å². The Morgan fingerprint density at radius 1 is 1.33 bits per heavy atom. The van der Waals surface area contributed by atoms with Crippen LogP contribution in [0.25, 0.3) is 0 Å². The maximum absolute atomic E-state index is 11.7. The van der Waals surface area contributed by atoms with Crippen molar-refractivity contribution in [2.45, 2.75) is 32.0 Å². The fourth-order valence-electron chi connectivity index (χ4n) is 3.45. The topological polar surface area (TPSA) is 119 Å². The van der Waals surface area contributed by atoms with E-state index >= 15 is 0 Å². The van der Waals surface area contributed by atoms with Crippen molar-refractivity contribution in [3.63, 3.8) is 0 Å². The average molecular weight is 392 g/mol. The maximum atomic E-state index is 11.7. The van der Waals surface area contributed by atoms with Gasteiger partial charge in [0.15, 0.2) is 5.16 Å². The molecule has 0 aliphatic carbocycles. The number of nitrogens with zero attached hydrogens (tertiary/aromatic N) is 4. The summed E-state index contributed by atoms with van der Waals surface area (Å²) in [7, 11) is 0. The van der Waals surface area contributed by atoms with Gasteiger partial charge in [-0.2, -0.15) is 0 Å². The quantitative estimate of drug-likeness (QED) is 0.718. The predicted octanol–water partition coefficient (Wildman–Crippen LogP) is 1.69. The Kier molecular flexibility index (Phi) is 6.04. The first-order chi connectivity index (χ1) is 12.9. The standard InChI is InChI=1S/C17H24N6O3S/c1-11-6-12(2)8-22(7-11)16-20-21-17(27-10-14(24)19-15(18)25)23(16)9-13-4-3-5-26-13/h3-5,11-12H,6-10H2,1-2H3,(H3,18,19,24,25)/t11-,12-/m1/s1. The fourth-order valence-corrected chi connectivity index (χ4v) is 4.18. The van der Waals surface area contributed by atoms with Gasteiger partial charge >= 0.3 is 6.03 Å². The number of nitrogens with one attached hydrogen (secondary N) is 1. The Hall–Kier alpha value is -2.49. The van der Waals surface area contributed by atoms with E-state index in [0.717, 1.165) is 24.8 Å². The van der Waals surface area contributed by atoms with E-state index in [1.165, 1.54) is 18.2 Å². The van der Waals surface area contributed by atoms with Gasteiger partial charge in [-0.1, -0.05) is 25.6 Å². The van der Waals surface area contributed by atoms with Gasteiger partial charge in [-0.15, -0.1) is 10.2 Å². The molecule has 3 rings (SSSR count). The van der Waals surface area contributed by atoms with E-state index in [9.17, 15) is 9.59 Å². The Balaban J connectivity index is 1.81. The van der Waals surface area contributed by atoms with Crippen molar-refractivity contribution in [1.82, 2.24) is 20.1 Å². The van der Waals surface area contributed by atoms with Crippen LogP contribution in [0, 0.1) is 11.8 Å². The molecule has 27 heavy (non-hydrogen) atoms. The van der Waals surface area contributed by atoms with Gasteiger partial charge in [0.05, 0.1) is 18.6 Å². The number of amides is 3. The summed E-state index contributed by atoms with van der Waals surface area (Å²) in [5.74, 6) is 2.23. The second kappa shape index (κ2) is 8.47. The van der Waals surface area contributed by atoms with E-state index < -0.39 is 11.9 Å². The average Bonchev–Trinajstić information content (AvgIpc) is 3.22. The summed E-state index contributed by atoms with van der Waals surface area (Å²) >= 11 is 1.21. The number of nitrogens with two attached hydrogens (primary N) is 1. The molecule has 2 aromatic rings. The number of carbonyl (C=O) groups excluding carboxylic acids is 2. The maximum Gasteiger partial charge on any atom is 0.318 e. The largest absolute Gasteiger partial charge is 0.467 e. The van der Waals surface area contributed by atoms with Gasteiger partial charge in [-0.3, -0.25) is 14.7 Å². The van der Waals surface area contributed by atoms with Crippen molar-refractivity contribution in [3.05, 3.63) is 24.2 Å². The molecule has 3 heterocycles. The van der Waals surface area contributed by atoms with Gasteiger partial charge in [0.1, 0.15) is 5.76 Å². The summed E-state index contributed by atoms with van der Waals surface area (Å²) in [4.78, 5) is 24.8. The van der Waals surface area contributed by atoms with E-state index in [1.54, 1.807) is 6.26 Å². The van der Waals surface area contributed by atoms with Gasteiger partial charge in [-0.25, -0.2) is 4.79 Å². The molecular weight excluding hydrogens is 368 g/mol. The normalized spacial score (nSPS) is 19.9. The van der Waals surface area contributed by atoms with Crippen molar-refractivity contribution in [3.8, 4) is 0 Å². The van der Waals surface area contributed by atoms with Crippen LogP contribution in [0.15, 0.2) is 28.0 Å². The molecule has 3 N–H and O–H groups in total. The number of furan rings is 1. The van der Waals surface area contributed by atoms with Crippen molar-refractivity contribution in [2.75, 3.05) is 23.7 Å². The molecule has 9 nitrogen and oxygen atoms in total. The number of imide groups is 1. The lowest BCUT2D eigenvalue weighted by atomic mass is 9.92. The molecule has 0 spiro atoms. The van der Waals surface area contributed by atoms with Crippen LogP contribution < -0.4 is 16.0 Å². The minimum absolute atomic E-state index is 0.0199. The zero-order valence-electron chi connectivity index (χ0n) is 15.4. The molecule has 0 bridgehead atoms. The molecule has 1 aliphatic rings. The molecule has 2 atom stereocenters. The number of primary amides is 1. The van der Waals surface area contributed by atoms with Crippen molar-refractivity contribution >= 4 is 29.6 Å². The molecule has 3 amide bonds. The van der Waals surface area contributed by atoms with Crippen molar-refractivity contribution in [2.24, 2.45) is 17.6 Å². The molecule has 1 saturated heterocycles. The van der Waals surface area contributed by atoms with Gasteiger partial charge in [0.25, 0.3) is 0 Å². The molecule has 10 heteroatoms. The third kappa shape index (κ3) is 5.03. The molecule has 0 unspecified atom stereocenters. The van der Waals surface area contributed by atoms with Crippen LogP contribution in [-0.2, 0) is 11.3 Å². The minimum Gasteiger partial charge on any atom is -0.467 e. The first-order valence-corrected chi connectivity index (χ1v) is 9.83. The molecule has 0 aromatic carbocycles. The van der Waals surface area contributed by atoms with E-state index in [1.807, 2.05) is 16.7 Å². The van der Waals surface area contributed by atoms with Crippen LogP contribution >= 0.6 is 11.8 Å². The lowest BCUT2D eigenvalue weighted by Gasteiger charge is -2.35. The van der Waals surface area contributed by atoms with Gasteiger partial charge < -0.3 is 15.1 Å². The summed E-state index contributed by atoms with van der Waals surface area (Å²) in [5, 5.41) is 11.3. The molecule has 146 valence electrons. The van der Waals surface area contributed by atoms with Crippen LogP contribution in [0.5, 0.6) is 0 Å². The number of rotatable bonds is 6. The molecule has 0 radical (unpaired) electrons. The van der Waals surface area contributed by atoms with Crippen LogP contribution in [0.4, 0.5) is 10.7 Å². The molecule has 0 saturated carbocycles. The van der Waals surface area contributed by atoms with Crippen LogP contribution in [-0.4, -0.2) is 45.5 Å². The lowest BCUT2D eigenvalue weighted by molar-refractivity contribution is -0.117. The zero-order valence-corrected chi connectivity index (χ0v) is 16.2. The first-order valence-electron chi connectivity index (χ1n) is 8.85. The Morgan fingerprint density at radius 3 is 2.70 bits per heavy atom. The summed E-state index contributed by atoms with van der Waals surface area (Å²) in [6.45, 7) is 6.76. The molecule has 1 aliphatic heterocycles. The summed E-state index contributed by atoms with van der Waals surface area (Å²) in [5.41, 5.74) is 4.98. The number of piperidine rings is 1. The highest BCUT2D eigenvalue weighted by molar-refractivity contribution is 7.99. The number of thioether (sulfide) groups is 1. The highest BCUT2D eigenvalue weighted by atomic mass is 32.2. The van der Waals surface area contributed by atoms with Gasteiger partial charge in [0, 0.05) is 13.1 Å².